The third-order valence-corrected chi connectivity index (χ3v) is 3.82. The smallest absolute Gasteiger partial charge is 0.312 e. The molecule has 1 atom stereocenters. The van der Waals surface area contributed by atoms with Crippen LogP contribution in [0.25, 0.3) is 0 Å². The predicted molar refractivity (Wildman–Crippen MR) is 65.7 cm³/mol. The summed E-state index contributed by atoms with van der Waals surface area (Å²) in [6, 6.07) is 4.89. The lowest BCUT2D eigenvalue weighted by molar-refractivity contribution is -0.137. The number of hydrogen-bond acceptors (Lipinski definition) is 1. The van der Waals surface area contributed by atoms with Crippen LogP contribution in [0.2, 0.25) is 0 Å². The molecule has 0 aromatic heterocycles. The lowest BCUT2D eigenvalue weighted by atomic mass is 10.1. The molecule has 1 aliphatic rings. The van der Waals surface area contributed by atoms with Crippen LogP contribution in [0.5, 0.6) is 0 Å². The Bertz CT molecular complexity index is 461. The quantitative estimate of drug-likeness (QED) is 0.764. The van der Waals surface area contributed by atoms with Gasteiger partial charge in [0.2, 0.25) is 5.91 Å². The third kappa shape index (κ3) is 2.68. The number of nitrogens with zero attached hydrogens (tertiary/aromatic N) is 1. The molecular weight excluding hydrogens is 311 g/mol. The van der Waals surface area contributed by atoms with E-state index in [0.29, 0.717) is 24.0 Å². The first kappa shape index (κ1) is 13.4. The summed E-state index contributed by atoms with van der Waals surface area (Å²) in [5.74, 6) is 0.0332. The fourth-order valence-electron chi connectivity index (χ4n) is 1.98. The van der Waals surface area contributed by atoms with Crippen LogP contribution in [-0.4, -0.2) is 17.8 Å². The highest BCUT2D eigenvalue weighted by Gasteiger charge is 2.33. The van der Waals surface area contributed by atoms with Gasteiger partial charge in [-0.3, -0.25) is 4.79 Å². The Labute approximate surface area is 111 Å². The Kier molecular flexibility index (Phi) is 3.66. The average Bonchev–Trinajstić information content (AvgIpc) is 2.70. The molecule has 0 spiro atoms. The van der Waals surface area contributed by atoms with E-state index in [2.05, 4.69) is 15.9 Å². The van der Waals surface area contributed by atoms with Crippen LogP contribution in [-0.2, 0) is 11.0 Å². The number of benzene rings is 1. The number of hydrogen-bond donors (Lipinski definition) is 0. The minimum atomic E-state index is -4.38. The second-order valence-corrected chi connectivity index (χ2v) is 4.92. The van der Waals surface area contributed by atoms with Crippen LogP contribution in [0.4, 0.5) is 18.9 Å². The van der Waals surface area contributed by atoms with E-state index in [4.69, 9.17) is 0 Å². The SMILES string of the molecule is O=C1CC(CBr)CN1c1cccc(C(F)(F)F)c1. The van der Waals surface area contributed by atoms with Crippen molar-refractivity contribution < 1.29 is 18.0 Å². The fraction of sp³-hybridized carbons (Fsp3) is 0.417. The van der Waals surface area contributed by atoms with E-state index >= 15 is 0 Å². The monoisotopic (exact) mass is 321 g/mol. The molecule has 2 nitrogen and oxygen atoms in total. The van der Waals surface area contributed by atoms with Crippen LogP contribution in [0.1, 0.15) is 12.0 Å². The molecule has 98 valence electrons. The van der Waals surface area contributed by atoms with E-state index in [1.165, 1.54) is 17.0 Å². The highest BCUT2D eigenvalue weighted by atomic mass is 79.9. The van der Waals surface area contributed by atoms with Gasteiger partial charge in [-0.2, -0.15) is 13.2 Å². The molecule has 1 aromatic carbocycles. The van der Waals surface area contributed by atoms with Gasteiger partial charge < -0.3 is 4.90 Å². The molecule has 0 N–H and O–H groups in total. The molecule has 0 aliphatic carbocycles. The topological polar surface area (TPSA) is 20.3 Å². The fourth-order valence-corrected chi connectivity index (χ4v) is 2.42. The lowest BCUT2D eigenvalue weighted by Crippen LogP contribution is -2.25. The largest absolute Gasteiger partial charge is 0.416 e. The summed E-state index contributed by atoms with van der Waals surface area (Å²) in [5.41, 5.74) is -0.409. The Balaban J connectivity index is 2.27. The van der Waals surface area contributed by atoms with Crippen LogP contribution < -0.4 is 4.90 Å². The summed E-state index contributed by atoms with van der Waals surface area (Å²) in [7, 11) is 0. The molecule has 1 amide bonds. The normalized spacial score (nSPS) is 20.6. The minimum Gasteiger partial charge on any atom is -0.312 e. The van der Waals surface area contributed by atoms with Crippen molar-refractivity contribution in [3.05, 3.63) is 29.8 Å². The third-order valence-electron chi connectivity index (χ3n) is 2.91. The van der Waals surface area contributed by atoms with Gasteiger partial charge in [0.15, 0.2) is 0 Å². The maximum atomic E-state index is 12.6. The van der Waals surface area contributed by atoms with Crippen LogP contribution in [0.15, 0.2) is 24.3 Å². The molecule has 0 radical (unpaired) electrons. The molecule has 1 heterocycles. The first-order chi connectivity index (χ1) is 8.41. The van der Waals surface area contributed by atoms with Gasteiger partial charge in [-0.05, 0) is 24.1 Å². The van der Waals surface area contributed by atoms with Crippen molar-refractivity contribution in [2.75, 3.05) is 16.8 Å². The van der Waals surface area contributed by atoms with Gasteiger partial charge in [0.05, 0.1) is 5.56 Å². The summed E-state index contributed by atoms with van der Waals surface area (Å²) in [6.07, 6.45) is -4.00. The van der Waals surface area contributed by atoms with Crippen molar-refractivity contribution in [2.24, 2.45) is 5.92 Å². The van der Waals surface area contributed by atoms with Crippen LogP contribution >= 0.6 is 15.9 Å². The molecule has 2 rings (SSSR count). The van der Waals surface area contributed by atoms with Gasteiger partial charge in [-0.25, -0.2) is 0 Å². The second-order valence-electron chi connectivity index (χ2n) is 4.28. The number of carbonyl (C=O) groups excluding carboxylic acids is 1. The highest BCUT2D eigenvalue weighted by Crippen LogP contribution is 2.33. The number of rotatable bonds is 2. The Morgan fingerprint density at radius 3 is 2.67 bits per heavy atom. The molecular formula is C12H11BrF3NO. The molecule has 1 aromatic rings. The van der Waals surface area contributed by atoms with Crippen molar-refractivity contribution in [3.63, 3.8) is 0 Å². The van der Waals surface area contributed by atoms with E-state index in [1.807, 2.05) is 0 Å². The molecule has 0 bridgehead atoms. The van der Waals surface area contributed by atoms with Gasteiger partial charge in [0.25, 0.3) is 0 Å². The first-order valence-corrected chi connectivity index (χ1v) is 6.57. The summed E-state index contributed by atoms with van der Waals surface area (Å²) < 4.78 is 37.8. The number of amides is 1. The van der Waals surface area contributed by atoms with Crippen molar-refractivity contribution in [3.8, 4) is 0 Å². The van der Waals surface area contributed by atoms with Gasteiger partial charge in [0, 0.05) is 24.0 Å². The number of halogens is 4. The zero-order valence-electron chi connectivity index (χ0n) is 9.38. The predicted octanol–water partition coefficient (Wildman–Crippen LogP) is 3.45. The van der Waals surface area contributed by atoms with E-state index in [0.717, 1.165) is 12.1 Å². The van der Waals surface area contributed by atoms with E-state index in [1.54, 1.807) is 0 Å². The zero-order chi connectivity index (χ0) is 13.3. The molecule has 0 saturated carbocycles. The minimum absolute atomic E-state index is 0.126. The molecule has 18 heavy (non-hydrogen) atoms. The highest BCUT2D eigenvalue weighted by molar-refractivity contribution is 9.09. The summed E-state index contributed by atoms with van der Waals surface area (Å²) in [5, 5.41) is 0.675. The number of anilines is 1. The zero-order valence-corrected chi connectivity index (χ0v) is 11.0. The summed E-state index contributed by atoms with van der Waals surface area (Å²) >= 11 is 3.29. The van der Waals surface area contributed by atoms with Gasteiger partial charge in [-0.15, -0.1) is 0 Å². The van der Waals surface area contributed by atoms with Gasteiger partial charge >= 0.3 is 6.18 Å². The molecule has 1 unspecified atom stereocenters. The van der Waals surface area contributed by atoms with Crippen LogP contribution in [0, 0.1) is 5.92 Å². The average molecular weight is 322 g/mol. The standard InChI is InChI=1S/C12H11BrF3NO/c13-6-8-4-11(18)17(7-8)10-3-1-2-9(5-10)12(14,15)16/h1-3,5,8H,4,6-7H2. The lowest BCUT2D eigenvalue weighted by Gasteiger charge is -2.18. The molecule has 6 heteroatoms. The maximum Gasteiger partial charge on any atom is 0.416 e. The molecule has 1 saturated heterocycles. The van der Waals surface area contributed by atoms with Crippen molar-refractivity contribution >= 4 is 27.5 Å². The second kappa shape index (κ2) is 4.91. The first-order valence-electron chi connectivity index (χ1n) is 5.45. The van der Waals surface area contributed by atoms with Gasteiger partial charge in [0.1, 0.15) is 0 Å². The van der Waals surface area contributed by atoms with Crippen molar-refractivity contribution in [1.29, 1.82) is 0 Å². The Morgan fingerprint density at radius 2 is 2.11 bits per heavy atom. The maximum absolute atomic E-state index is 12.6. The van der Waals surface area contributed by atoms with E-state index in [-0.39, 0.29) is 11.8 Å². The Hall–Kier alpha value is -1.04. The van der Waals surface area contributed by atoms with E-state index < -0.39 is 11.7 Å². The molecule has 1 fully saturated rings. The van der Waals surface area contributed by atoms with Crippen molar-refractivity contribution in [2.45, 2.75) is 12.6 Å². The summed E-state index contributed by atoms with van der Waals surface area (Å²) in [6.45, 7) is 0.464. The number of carbonyl (C=O) groups is 1. The Morgan fingerprint density at radius 1 is 1.39 bits per heavy atom. The summed E-state index contributed by atoms with van der Waals surface area (Å²) in [4.78, 5) is 13.1. The van der Waals surface area contributed by atoms with Crippen molar-refractivity contribution in [1.82, 2.24) is 0 Å². The van der Waals surface area contributed by atoms with E-state index in [9.17, 15) is 18.0 Å². The van der Waals surface area contributed by atoms with Gasteiger partial charge in [-0.1, -0.05) is 22.0 Å². The van der Waals surface area contributed by atoms with Crippen LogP contribution in [0.3, 0.4) is 0 Å². The number of alkyl halides is 4. The molecule has 1 aliphatic heterocycles.